The average Bonchev–Trinajstić information content (AvgIpc) is 2.83. The molecule has 1 atom stereocenters. The summed E-state index contributed by atoms with van der Waals surface area (Å²) in [6.07, 6.45) is 2.02. The van der Waals surface area contributed by atoms with Gasteiger partial charge in [0, 0.05) is 30.1 Å². The van der Waals surface area contributed by atoms with Gasteiger partial charge in [-0.15, -0.1) is 0 Å². The normalized spacial score (nSPS) is 19.2. The van der Waals surface area contributed by atoms with E-state index in [1.165, 1.54) is 6.26 Å². The number of likely N-dealkylation sites (tertiary alicyclic amines) is 1. The minimum Gasteiger partial charge on any atom is -0.480 e. The number of piperidine rings is 1. The summed E-state index contributed by atoms with van der Waals surface area (Å²) < 4.78 is 15.9. The van der Waals surface area contributed by atoms with Crippen LogP contribution in [-0.2, 0) is 26.8 Å². The number of carboxylic acids is 1. The molecule has 1 amide bonds. The van der Waals surface area contributed by atoms with Gasteiger partial charge in [-0.05, 0) is 31.9 Å². The molecule has 2 heterocycles. The Morgan fingerprint density at radius 2 is 2.00 bits per heavy atom. The van der Waals surface area contributed by atoms with Gasteiger partial charge in [0.15, 0.2) is 0 Å². The lowest BCUT2D eigenvalue weighted by atomic mass is 9.95. The van der Waals surface area contributed by atoms with Crippen LogP contribution in [0.15, 0.2) is 16.5 Å². The van der Waals surface area contributed by atoms with Gasteiger partial charge in [-0.3, -0.25) is 13.8 Å². The van der Waals surface area contributed by atoms with Crippen molar-refractivity contribution in [2.75, 3.05) is 19.3 Å². The van der Waals surface area contributed by atoms with E-state index in [9.17, 15) is 18.9 Å². The Bertz CT molecular complexity index is 556. The molecule has 1 aromatic heterocycles. The van der Waals surface area contributed by atoms with Gasteiger partial charge in [-0.2, -0.15) is 0 Å². The van der Waals surface area contributed by atoms with Crippen LogP contribution in [0.1, 0.15) is 24.4 Å². The highest BCUT2D eigenvalue weighted by atomic mass is 32.2. The topological polar surface area (TPSA) is 87.8 Å². The van der Waals surface area contributed by atoms with E-state index in [-0.39, 0.29) is 25.2 Å². The fraction of sp³-hybridized carbons (Fsp3) is 0.571. The second-order valence-electron chi connectivity index (χ2n) is 5.32. The van der Waals surface area contributed by atoms with Gasteiger partial charge in [-0.1, -0.05) is 0 Å². The lowest BCUT2D eigenvalue weighted by molar-refractivity contribution is -0.143. The number of amides is 1. The number of nitrogens with zero attached hydrogens (tertiary/aromatic N) is 1. The number of hydrogen-bond donors (Lipinski definition) is 1. The third-order valence-electron chi connectivity index (χ3n) is 3.99. The van der Waals surface area contributed by atoms with Gasteiger partial charge in [0.1, 0.15) is 16.3 Å². The van der Waals surface area contributed by atoms with Crippen molar-refractivity contribution in [3.05, 3.63) is 23.7 Å². The molecule has 1 aliphatic rings. The van der Waals surface area contributed by atoms with Crippen LogP contribution < -0.4 is 0 Å². The van der Waals surface area contributed by atoms with E-state index in [2.05, 4.69) is 0 Å². The fourth-order valence-corrected chi connectivity index (χ4v) is 3.59. The molecule has 1 saturated heterocycles. The predicted octanol–water partition coefficient (Wildman–Crippen LogP) is 0.955. The van der Waals surface area contributed by atoms with Crippen molar-refractivity contribution in [1.29, 1.82) is 0 Å². The Kier molecular flexibility index (Phi) is 4.51. The van der Waals surface area contributed by atoms with E-state index in [1.807, 2.05) is 6.92 Å². The molecule has 0 aromatic carbocycles. The Labute approximate surface area is 125 Å². The van der Waals surface area contributed by atoms with Crippen LogP contribution in [0.5, 0.6) is 0 Å². The van der Waals surface area contributed by atoms with Crippen molar-refractivity contribution in [3.63, 3.8) is 0 Å². The van der Waals surface area contributed by atoms with E-state index in [0.29, 0.717) is 18.8 Å². The number of hydrogen-bond acceptors (Lipinski definition) is 4. The van der Waals surface area contributed by atoms with Crippen LogP contribution in [0, 0.1) is 6.92 Å². The number of carboxylic acid groups (broad SMARTS) is 1. The van der Waals surface area contributed by atoms with Gasteiger partial charge in [0.2, 0.25) is 5.91 Å². The van der Waals surface area contributed by atoms with Crippen LogP contribution in [-0.4, -0.2) is 50.2 Å². The van der Waals surface area contributed by atoms with Crippen LogP contribution in [0.4, 0.5) is 0 Å². The highest BCUT2D eigenvalue weighted by Crippen LogP contribution is 2.28. The van der Waals surface area contributed by atoms with Crippen molar-refractivity contribution >= 4 is 22.7 Å². The van der Waals surface area contributed by atoms with E-state index in [4.69, 9.17) is 4.42 Å². The zero-order valence-electron chi connectivity index (χ0n) is 12.1. The summed E-state index contributed by atoms with van der Waals surface area (Å²) in [5.74, 6) is 0.219. The maximum absolute atomic E-state index is 12.2. The van der Waals surface area contributed by atoms with Gasteiger partial charge >= 0.3 is 5.97 Å². The molecule has 1 aromatic rings. The third kappa shape index (κ3) is 3.18. The SMILES string of the molecule is Cc1ccc(CC(=O)N2CCC(C(=O)O)(S(C)=O)CC2)o1. The first-order valence-electron chi connectivity index (χ1n) is 6.75. The number of carbonyl (C=O) groups is 2. The van der Waals surface area contributed by atoms with Crippen molar-refractivity contribution in [2.24, 2.45) is 0 Å². The predicted molar refractivity (Wildman–Crippen MR) is 77.4 cm³/mol. The highest BCUT2D eigenvalue weighted by Gasteiger charge is 2.46. The Balaban J connectivity index is 1.98. The van der Waals surface area contributed by atoms with Gasteiger partial charge in [-0.25, -0.2) is 0 Å². The first kappa shape index (κ1) is 15.8. The highest BCUT2D eigenvalue weighted by molar-refractivity contribution is 7.86. The Morgan fingerprint density at radius 1 is 1.38 bits per heavy atom. The van der Waals surface area contributed by atoms with Crippen LogP contribution in [0.2, 0.25) is 0 Å². The Morgan fingerprint density at radius 3 is 2.43 bits per heavy atom. The summed E-state index contributed by atoms with van der Waals surface area (Å²) >= 11 is 0. The van der Waals surface area contributed by atoms with Crippen LogP contribution in [0.3, 0.4) is 0 Å². The summed E-state index contributed by atoms with van der Waals surface area (Å²) in [6.45, 7) is 2.43. The molecule has 2 rings (SSSR count). The molecular formula is C14H19NO5S. The van der Waals surface area contributed by atoms with E-state index >= 15 is 0 Å². The molecular weight excluding hydrogens is 294 g/mol. The van der Waals surface area contributed by atoms with Crippen molar-refractivity contribution in [2.45, 2.75) is 30.9 Å². The number of aliphatic carboxylic acids is 1. The summed E-state index contributed by atoms with van der Waals surface area (Å²) in [7, 11) is -1.46. The summed E-state index contributed by atoms with van der Waals surface area (Å²) in [5.41, 5.74) is 0. The van der Waals surface area contributed by atoms with Crippen molar-refractivity contribution in [1.82, 2.24) is 4.90 Å². The molecule has 1 fully saturated rings. The van der Waals surface area contributed by atoms with Crippen LogP contribution >= 0.6 is 0 Å². The average molecular weight is 313 g/mol. The molecule has 1 N–H and O–H groups in total. The monoisotopic (exact) mass is 313 g/mol. The van der Waals surface area contributed by atoms with Crippen molar-refractivity contribution in [3.8, 4) is 0 Å². The van der Waals surface area contributed by atoms with Gasteiger partial charge in [0.25, 0.3) is 0 Å². The first-order valence-corrected chi connectivity index (χ1v) is 8.31. The van der Waals surface area contributed by atoms with E-state index in [1.54, 1.807) is 17.0 Å². The summed E-state index contributed by atoms with van der Waals surface area (Å²) in [6, 6.07) is 3.56. The zero-order chi connectivity index (χ0) is 15.6. The van der Waals surface area contributed by atoms with E-state index in [0.717, 1.165) is 5.76 Å². The first-order chi connectivity index (χ1) is 9.85. The largest absolute Gasteiger partial charge is 0.480 e. The molecule has 116 valence electrons. The molecule has 0 radical (unpaired) electrons. The molecule has 7 heteroatoms. The zero-order valence-corrected chi connectivity index (χ0v) is 12.9. The molecule has 1 aliphatic heterocycles. The summed E-state index contributed by atoms with van der Waals surface area (Å²) in [5, 5.41) is 9.31. The quantitative estimate of drug-likeness (QED) is 0.894. The lowest BCUT2D eigenvalue weighted by Crippen LogP contribution is -2.53. The molecule has 0 bridgehead atoms. The molecule has 0 saturated carbocycles. The maximum Gasteiger partial charge on any atom is 0.322 e. The maximum atomic E-state index is 12.2. The minimum absolute atomic E-state index is 0.0924. The fourth-order valence-electron chi connectivity index (χ4n) is 2.58. The molecule has 6 nitrogen and oxygen atoms in total. The number of furan rings is 1. The minimum atomic E-state index is -1.46. The van der Waals surface area contributed by atoms with Gasteiger partial charge in [0.05, 0.1) is 6.42 Å². The molecule has 1 unspecified atom stereocenters. The van der Waals surface area contributed by atoms with Gasteiger partial charge < -0.3 is 14.4 Å². The third-order valence-corrected chi connectivity index (χ3v) is 5.67. The van der Waals surface area contributed by atoms with Crippen LogP contribution in [0.25, 0.3) is 0 Å². The Hall–Kier alpha value is -1.63. The number of rotatable bonds is 4. The standard InChI is InChI=1S/C14H19NO5S/c1-10-3-4-11(20-10)9-12(16)15-7-5-14(6-8-15,13(17)18)21(2)19/h3-4H,5-9H2,1-2H3,(H,17,18). The number of aryl methyl sites for hydroxylation is 1. The van der Waals surface area contributed by atoms with E-state index < -0.39 is 21.5 Å². The molecule has 21 heavy (non-hydrogen) atoms. The molecule has 0 spiro atoms. The molecule has 0 aliphatic carbocycles. The number of carbonyl (C=O) groups excluding carboxylic acids is 1. The lowest BCUT2D eigenvalue weighted by Gasteiger charge is -2.37. The second-order valence-corrected chi connectivity index (χ2v) is 7.01. The smallest absolute Gasteiger partial charge is 0.322 e. The second kappa shape index (κ2) is 6.01. The summed E-state index contributed by atoms with van der Waals surface area (Å²) in [4.78, 5) is 25.2. The van der Waals surface area contributed by atoms with Crippen molar-refractivity contribution < 1.29 is 23.3 Å².